The lowest BCUT2D eigenvalue weighted by Crippen LogP contribution is -2.60. The number of aryl methyl sites for hydroxylation is 1. The fraction of sp³-hybridized carbons (Fsp3) is 0.480. The largest absolute Gasteiger partial charge is 0.368 e. The molecule has 190 valence electrons. The van der Waals surface area contributed by atoms with Crippen LogP contribution in [0.2, 0.25) is 0 Å². The zero-order valence-corrected chi connectivity index (χ0v) is 22.2. The zero-order valence-electron chi connectivity index (χ0n) is 21.4. The summed E-state index contributed by atoms with van der Waals surface area (Å²) in [6.45, 7) is 10.6. The Kier molecular flexibility index (Phi) is 6.16. The van der Waals surface area contributed by atoms with Gasteiger partial charge in [0.15, 0.2) is 11.6 Å². The molecule has 1 unspecified atom stereocenters. The van der Waals surface area contributed by atoms with E-state index in [1.165, 1.54) is 6.26 Å². The smallest absolute Gasteiger partial charge is 0.211 e. The summed E-state index contributed by atoms with van der Waals surface area (Å²) in [6.07, 6.45) is 7.33. The van der Waals surface area contributed by atoms with E-state index in [0.29, 0.717) is 31.3 Å². The summed E-state index contributed by atoms with van der Waals surface area (Å²) in [5.41, 5.74) is 3.58. The van der Waals surface area contributed by atoms with Crippen LogP contribution in [0.3, 0.4) is 0 Å². The van der Waals surface area contributed by atoms with Crippen molar-refractivity contribution in [3.05, 3.63) is 53.7 Å². The van der Waals surface area contributed by atoms with Crippen LogP contribution in [-0.4, -0.2) is 75.6 Å². The highest BCUT2D eigenvalue weighted by Crippen LogP contribution is 2.35. The Bertz CT molecular complexity index is 1380. The predicted octanol–water partition coefficient (Wildman–Crippen LogP) is 2.62. The molecule has 5 rings (SSSR count). The highest BCUT2D eigenvalue weighted by Gasteiger charge is 2.39. The second-order valence-corrected chi connectivity index (χ2v) is 12.1. The monoisotopic (exact) mass is 508 g/mol. The summed E-state index contributed by atoms with van der Waals surface area (Å²) in [6, 6.07) is 6.03. The summed E-state index contributed by atoms with van der Waals surface area (Å²) in [4.78, 5) is 27.3. The molecule has 0 bridgehead atoms. The zero-order chi connectivity index (χ0) is 25.7. The molecule has 10 nitrogen and oxygen atoms in total. The Hall–Kier alpha value is -3.18. The van der Waals surface area contributed by atoms with E-state index in [2.05, 4.69) is 43.8 Å². The van der Waals surface area contributed by atoms with Gasteiger partial charge in [-0.2, -0.15) is 4.31 Å². The molecule has 3 aromatic rings. The van der Waals surface area contributed by atoms with Crippen LogP contribution in [-0.2, 0) is 16.4 Å². The van der Waals surface area contributed by atoms with Crippen LogP contribution in [0.1, 0.15) is 43.8 Å². The molecule has 5 heterocycles. The van der Waals surface area contributed by atoms with E-state index in [0.717, 1.165) is 41.4 Å². The predicted molar refractivity (Wildman–Crippen MR) is 139 cm³/mol. The molecule has 11 heteroatoms. The molecule has 36 heavy (non-hydrogen) atoms. The highest BCUT2D eigenvalue weighted by atomic mass is 32.2. The number of anilines is 2. The minimum absolute atomic E-state index is 0.0557. The summed E-state index contributed by atoms with van der Waals surface area (Å²) < 4.78 is 26.1. The van der Waals surface area contributed by atoms with E-state index in [4.69, 9.17) is 9.97 Å². The molecule has 1 fully saturated rings. The van der Waals surface area contributed by atoms with Gasteiger partial charge in [0.05, 0.1) is 18.0 Å². The van der Waals surface area contributed by atoms with E-state index in [-0.39, 0.29) is 6.04 Å². The van der Waals surface area contributed by atoms with Crippen LogP contribution in [0.15, 0.2) is 36.8 Å². The molecule has 0 N–H and O–H groups in total. The fourth-order valence-corrected chi connectivity index (χ4v) is 6.70. The lowest BCUT2D eigenvalue weighted by Gasteiger charge is -2.46. The van der Waals surface area contributed by atoms with Crippen molar-refractivity contribution >= 4 is 21.5 Å². The Balaban J connectivity index is 1.40. The number of pyridine rings is 1. The number of nitrogens with zero attached hydrogens (tertiary/aromatic N) is 8. The number of rotatable bonds is 4. The summed E-state index contributed by atoms with van der Waals surface area (Å²) in [7, 11) is -3.26. The van der Waals surface area contributed by atoms with E-state index < -0.39 is 15.6 Å². The molecule has 0 aliphatic carbocycles. The van der Waals surface area contributed by atoms with Gasteiger partial charge in [0.1, 0.15) is 5.82 Å². The maximum atomic E-state index is 12.3. The quantitative estimate of drug-likeness (QED) is 0.525. The number of hydrogen-bond donors (Lipinski definition) is 0. The van der Waals surface area contributed by atoms with Crippen molar-refractivity contribution in [3.63, 3.8) is 0 Å². The maximum Gasteiger partial charge on any atom is 0.211 e. The first-order valence-electron chi connectivity index (χ1n) is 12.1. The van der Waals surface area contributed by atoms with Crippen LogP contribution in [0.25, 0.3) is 11.6 Å². The van der Waals surface area contributed by atoms with Gasteiger partial charge in [0.25, 0.3) is 0 Å². The number of fused-ring (bicyclic) bond motifs is 1. The molecule has 3 aromatic heterocycles. The molecule has 1 atom stereocenters. The van der Waals surface area contributed by atoms with E-state index in [9.17, 15) is 8.42 Å². The van der Waals surface area contributed by atoms with Gasteiger partial charge in [0.2, 0.25) is 10.0 Å². The summed E-state index contributed by atoms with van der Waals surface area (Å²) in [5.74, 6) is 1.98. The first kappa shape index (κ1) is 24.5. The molecule has 1 saturated heterocycles. The standard InChI is InChI=1S/C25H32N8O2S/c1-17-13-19(31-11-12-33(36(5,34)35)25(3,4)16-31)14-22(29-17)32-10-7-21-20(18(32)2)15-28-24(30-21)23-26-8-6-9-27-23/h6,8-9,13-15,18H,7,10-12,16H2,1-5H3. The molecule has 0 aromatic carbocycles. The molecular weight excluding hydrogens is 476 g/mol. The van der Waals surface area contributed by atoms with Gasteiger partial charge in [0, 0.05) is 79.7 Å². The van der Waals surface area contributed by atoms with Gasteiger partial charge in [-0.1, -0.05) is 0 Å². The van der Waals surface area contributed by atoms with Crippen molar-refractivity contribution in [1.29, 1.82) is 0 Å². The molecule has 2 aliphatic rings. The first-order valence-corrected chi connectivity index (χ1v) is 14.0. The van der Waals surface area contributed by atoms with Crippen LogP contribution in [0.4, 0.5) is 11.5 Å². The Labute approximate surface area is 212 Å². The number of piperazine rings is 1. The van der Waals surface area contributed by atoms with Crippen molar-refractivity contribution < 1.29 is 8.42 Å². The molecule has 2 aliphatic heterocycles. The first-order chi connectivity index (χ1) is 17.0. The normalized spacial score (nSPS) is 20.3. The Morgan fingerprint density at radius 2 is 1.75 bits per heavy atom. The second kappa shape index (κ2) is 9.04. The average Bonchev–Trinajstić information content (AvgIpc) is 2.82. The van der Waals surface area contributed by atoms with Crippen molar-refractivity contribution in [2.75, 3.05) is 42.2 Å². The molecule has 0 saturated carbocycles. The van der Waals surface area contributed by atoms with Gasteiger partial charge in [-0.15, -0.1) is 0 Å². The van der Waals surface area contributed by atoms with E-state index in [1.54, 1.807) is 22.8 Å². The summed E-state index contributed by atoms with van der Waals surface area (Å²) in [5, 5.41) is 0. The highest BCUT2D eigenvalue weighted by molar-refractivity contribution is 7.88. The lowest BCUT2D eigenvalue weighted by atomic mass is 9.99. The van der Waals surface area contributed by atoms with Crippen molar-refractivity contribution in [3.8, 4) is 11.6 Å². The SMILES string of the molecule is Cc1cc(N2CCN(S(C)(=O)=O)C(C)(C)C2)cc(N2CCc3nc(-c4ncccn4)ncc3C2C)n1. The van der Waals surface area contributed by atoms with Gasteiger partial charge < -0.3 is 9.80 Å². The van der Waals surface area contributed by atoms with Crippen LogP contribution in [0, 0.1) is 6.92 Å². The Morgan fingerprint density at radius 3 is 2.44 bits per heavy atom. The molecule has 0 radical (unpaired) electrons. The minimum Gasteiger partial charge on any atom is -0.368 e. The van der Waals surface area contributed by atoms with Crippen LogP contribution < -0.4 is 9.80 Å². The summed E-state index contributed by atoms with van der Waals surface area (Å²) >= 11 is 0. The second-order valence-electron chi connectivity index (χ2n) is 10.2. The van der Waals surface area contributed by atoms with E-state index in [1.807, 2.05) is 27.0 Å². The van der Waals surface area contributed by atoms with Crippen LogP contribution in [0.5, 0.6) is 0 Å². The van der Waals surface area contributed by atoms with Crippen LogP contribution >= 0.6 is 0 Å². The Morgan fingerprint density at radius 1 is 1.00 bits per heavy atom. The minimum atomic E-state index is -3.26. The van der Waals surface area contributed by atoms with Gasteiger partial charge in [-0.3, -0.25) is 0 Å². The molecule has 0 amide bonds. The fourth-order valence-electron chi connectivity index (χ4n) is 5.34. The topological polar surface area (TPSA) is 108 Å². The molecule has 0 spiro atoms. The van der Waals surface area contributed by atoms with Gasteiger partial charge >= 0.3 is 0 Å². The third-order valence-electron chi connectivity index (χ3n) is 6.98. The lowest BCUT2D eigenvalue weighted by molar-refractivity contribution is 0.206. The number of sulfonamides is 1. The average molecular weight is 509 g/mol. The van der Waals surface area contributed by atoms with Crippen molar-refractivity contribution in [2.24, 2.45) is 0 Å². The van der Waals surface area contributed by atoms with Gasteiger partial charge in [-0.25, -0.2) is 33.3 Å². The van der Waals surface area contributed by atoms with Gasteiger partial charge in [-0.05, 0) is 39.8 Å². The molecular formula is C25H32N8O2S. The van der Waals surface area contributed by atoms with E-state index >= 15 is 0 Å². The third-order valence-corrected chi connectivity index (χ3v) is 8.46. The van der Waals surface area contributed by atoms with Crippen molar-refractivity contribution in [2.45, 2.75) is 45.7 Å². The third kappa shape index (κ3) is 4.64. The maximum absolute atomic E-state index is 12.3. The van der Waals surface area contributed by atoms with Crippen molar-refractivity contribution in [1.82, 2.24) is 29.2 Å². The number of aromatic nitrogens is 5. The number of hydrogen-bond acceptors (Lipinski definition) is 9.